The maximum absolute atomic E-state index is 12.7. The third-order valence-corrected chi connectivity index (χ3v) is 13.6. The molecule has 208 valence electrons. The molecule has 5 heteroatoms. The van der Waals surface area contributed by atoms with Gasteiger partial charge in [-0.1, -0.05) is 118 Å². The van der Waals surface area contributed by atoms with E-state index in [-0.39, 0.29) is 16.7 Å². The fourth-order valence-electron chi connectivity index (χ4n) is 6.31. The number of fused-ring (bicyclic) bond motifs is 1. The highest BCUT2D eigenvalue weighted by atomic mass is 28.4. The number of likely N-dealkylation sites (tertiary alicyclic amines) is 1. The SMILES string of the molecule is Cc1cccc2c(=O)[nH]c(-c3ccc(CN4CC(O[Si](c5ccccc5)(c5ccccc5)C(C)(C)C)C4)cc3)cc12. The molecule has 4 aromatic carbocycles. The highest BCUT2D eigenvalue weighted by Gasteiger charge is 2.52. The fraction of sp³-hybridized carbons (Fsp3) is 0.250. The molecule has 1 N–H and O–H groups in total. The van der Waals surface area contributed by atoms with Gasteiger partial charge in [-0.2, -0.15) is 0 Å². The van der Waals surface area contributed by atoms with Crippen molar-refractivity contribution in [2.45, 2.75) is 45.4 Å². The van der Waals surface area contributed by atoms with E-state index >= 15 is 0 Å². The van der Waals surface area contributed by atoms with Crippen LogP contribution in [0, 0.1) is 6.92 Å². The molecule has 1 aliphatic heterocycles. The van der Waals surface area contributed by atoms with E-state index in [0.29, 0.717) is 0 Å². The molecular formula is C36H38N2O2Si. The van der Waals surface area contributed by atoms with Gasteiger partial charge in [-0.25, -0.2) is 0 Å². The van der Waals surface area contributed by atoms with Gasteiger partial charge in [-0.05, 0) is 56.5 Å². The summed E-state index contributed by atoms with van der Waals surface area (Å²) < 4.78 is 7.27. The van der Waals surface area contributed by atoms with Crippen molar-refractivity contribution in [1.29, 1.82) is 0 Å². The molecule has 1 aromatic heterocycles. The van der Waals surface area contributed by atoms with E-state index in [9.17, 15) is 4.79 Å². The van der Waals surface area contributed by atoms with Crippen molar-refractivity contribution in [2.24, 2.45) is 0 Å². The molecule has 0 amide bonds. The number of nitrogens with one attached hydrogen (secondary N) is 1. The van der Waals surface area contributed by atoms with Crippen molar-refractivity contribution in [3.05, 3.63) is 131 Å². The molecule has 2 heterocycles. The Balaban J connectivity index is 1.17. The van der Waals surface area contributed by atoms with Gasteiger partial charge in [0.2, 0.25) is 0 Å². The first-order valence-electron chi connectivity index (χ1n) is 14.5. The van der Waals surface area contributed by atoms with Crippen LogP contribution in [0.25, 0.3) is 22.0 Å². The number of benzene rings is 4. The first-order chi connectivity index (χ1) is 19.7. The van der Waals surface area contributed by atoms with Crippen molar-refractivity contribution >= 4 is 29.5 Å². The predicted molar refractivity (Wildman–Crippen MR) is 173 cm³/mol. The molecule has 0 spiro atoms. The molecule has 0 aliphatic carbocycles. The van der Waals surface area contributed by atoms with Gasteiger partial charge < -0.3 is 9.41 Å². The van der Waals surface area contributed by atoms with Crippen LogP contribution in [0.5, 0.6) is 0 Å². The second kappa shape index (κ2) is 10.9. The summed E-state index contributed by atoms with van der Waals surface area (Å²) in [6.45, 7) is 11.8. The summed E-state index contributed by atoms with van der Waals surface area (Å²) in [6, 6.07) is 38.3. The maximum Gasteiger partial charge on any atom is 0.261 e. The molecule has 6 rings (SSSR count). The average molecular weight is 559 g/mol. The summed E-state index contributed by atoms with van der Waals surface area (Å²) >= 11 is 0. The molecule has 0 atom stereocenters. The van der Waals surface area contributed by atoms with E-state index in [1.807, 2.05) is 25.1 Å². The zero-order chi connectivity index (χ0) is 28.6. The average Bonchev–Trinajstić information content (AvgIpc) is 2.95. The fourth-order valence-corrected chi connectivity index (χ4v) is 11.0. The minimum absolute atomic E-state index is 0.0196. The molecule has 1 saturated heterocycles. The molecule has 4 nitrogen and oxygen atoms in total. The number of aromatic nitrogens is 1. The van der Waals surface area contributed by atoms with E-state index < -0.39 is 8.32 Å². The lowest BCUT2D eigenvalue weighted by Crippen LogP contribution is -2.70. The van der Waals surface area contributed by atoms with E-state index in [4.69, 9.17) is 4.43 Å². The number of hydrogen-bond acceptors (Lipinski definition) is 3. The van der Waals surface area contributed by atoms with Crippen LogP contribution < -0.4 is 15.9 Å². The Kier molecular flexibility index (Phi) is 7.28. The summed E-state index contributed by atoms with van der Waals surface area (Å²) in [5.74, 6) is 0. The normalized spacial score (nSPS) is 14.7. The van der Waals surface area contributed by atoms with Crippen LogP contribution in [-0.2, 0) is 11.0 Å². The number of rotatable bonds is 7. The van der Waals surface area contributed by atoms with Gasteiger partial charge in [0.25, 0.3) is 13.9 Å². The lowest BCUT2D eigenvalue weighted by molar-refractivity contribution is 0.00810. The Labute approximate surface area is 243 Å². The number of H-pyrrole nitrogens is 1. The molecule has 41 heavy (non-hydrogen) atoms. The van der Waals surface area contributed by atoms with E-state index in [1.54, 1.807) is 0 Å². The van der Waals surface area contributed by atoms with Gasteiger partial charge in [0.15, 0.2) is 0 Å². The summed E-state index contributed by atoms with van der Waals surface area (Å²) in [4.78, 5) is 18.2. The van der Waals surface area contributed by atoms with Crippen molar-refractivity contribution in [2.75, 3.05) is 13.1 Å². The van der Waals surface area contributed by atoms with E-state index in [0.717, 1.165) is 47.2 Å². The zero-order valence-electron chi connectivity index (χ0n) is 24.4. The molecule has 0 radical (unpaired) electrons. The second-order valence-corrected chi connectivity index (χ2v) is 16.6. The highest BCUT2D eigenvalue weighted by molar-refractivity contribution is 6.99. The quantitative estimate of drug-likeness (QED) is 0.240. The van der Waals surface area contributed by atoms with Crippen LogP contribution in [0.2, 0.25) is 5.04 Å². The van der Waals surface area contributed by atoms with Crippen LogP contribution in [-0.4, -0.2) is 37.4 Å². The lowest BCUT2D eigenvalue weighted by Gasteiger charge is -2.49. The Morgan fingerprint density at radius 1 is 0.805 bits per heavy atom. The standard InChI is InChI=1S/C36H38N2O2Si/c1-26-12-11-17-32-33(26)22-34(37-35(32)39)28-20-18-27(19-21-28)23-38-24-29(25-38)40-41(36(2,3)4,30-13-7-5-8-14-30)31-15-9-6-10-16-31/h5-22,29H,23-25H2,1-4H3,(H,37,39). The van der Waals surface area contributed by atoms with Crippen molar-refractivity contribution < 1.29 is 4.43 Å². The predicted octanol–water partition coefficient (Wildman–Crippen LogP) is 6.26. The molecule has 1 fully saturated rings. The Hall–Kier alpha value is -3.77. The molecule has 0 bridgehead atoms. The second-order valence-electron chi connectivity index (χ2n) is 12.3. The first kappa shape index (κ1) is 27.4. The smallest absolute Gasteiger partial charge is 0.261 e. The van der Waals surface area contributed by atoms with Gasteiger partial charge in [0.1, 0.15) is 0 Å². The molecule has 5 aromatic rings. The Bertz CT molecular complexity index is 1660. The summed E-state index contributed by atoms with van der Waals surface area (Å²) in [5, 5.41) is 4.37. The first-order valence-corrected chi connectivity index (χ1v) is 16.4. The van der Waals surface area contributed by atoms with Gasteiger partial charge in [0.05, 0.1) is 6.10 Å². The number of pyridine rings is 1. The summed E-state index contributed by atoms with van der Waals surface area (Å²) in [6.07, 6.45) is 0.200. The van der Waals surface area contributed by atoms with Crippen LogP contribution in [0.15, 0.2) is 114 Å². The largest absolute Gasteiger partial charge is 0.402 e. The van der Waals surface area contributed by atoms with Gasteiger partial charge >= 0.3 is 0 Å². The molecule has 0 unspecified atom stereocenters. The summed E-state index contributed by atoms with van der Waals surface area (Å²) in [5.41, 5.74) is 4.20. The van der Waals surface area contributed by atoms with E-state index in [1.165, 1.54) is 15.9 Å². The lowest BCUT2D eigenvalue weighted by atomic mass is 10.0. The monoisotopic (exact) mass is 558 g/mol. The van der Waals surface area contributed by atoms with Crippen LogP contribution in [0.1, 0.15) is 31.9 Å². The minimum atomic E-state index is -2.53. The topological polar surface area (TPSA) is 45.3 Å². The van der Waals surface area contributed by atoms with Crippen LogP contribution >= 0.6 is 0 Å². The van der Waals surface area contributed by atoms with Gasteiger partial charge in [-0.15, -0.1) is 0 Å². The number of hydrogen-bond donors (Lipinski definition) is 1. The zero-order valence-corrected chi connectivity index (χ0v) is 25.4. The van der Waals surface area contributed by atoms with Gasteiger partial charge in [-0.3, -0.25) is 9.69 Å². The molecule has 1 aliphatic rings. The van der Waals surface area contributed by atoms with Crippen molar-refractivity contribution in [3.8, 4) is 11.3 Å². The number of aryl methyl sites for hydroxylation is 1. The van der Waals surface area contributed by atoms with Crippen LogP contribution in [0.4, 0.5) is 0 Å². The third-order valence-electron chi connectivity index (χ3n) is 8.46. The van der Waals surface area contributed by atoms with E-state index in [2.05, 4.69) is 122 Å². The third kappa shape index (κ3) is 5.21. The summed E-state index contributed by atoms with van der Waals surface area (Å²) in [7, 11) is -2.53. The number of aromatic amines is 1. The van der Waals surface area contributed by atoms with Crippen molar-refractivity contribution in [3.63, 3.8) is 0 Å². The Morgan fingerprint density at radius 2 is 1.41 bits per heavy atom. The minimum Gasteiger partial charge on any atom is -0.402 e. The number of nitrogens with zero attached hydrogens (tertiary/aromatic N) is 1. The van der Waals surface area contributed by atoms with Crippen LogP contribution in [0.3, 0.4) is 0 Å². The van der Waals surface area contributed by atoms with Crippen molar-refractivity contribution in [1.82, 2.24) is 9.88 Å². The molecule has 0 saturated carbocycles. The van der Waals surface area contributed by atoms with Gasteiger partial charge in [0, 0.05) is 30.7 Å². The molecular weight excluding hydrogens is 520 g/mol. The highest BCUT2D eigenvalue weighted by Crippen LogP contribution is 2.38. The maximum atomic E-state index is 12.7. The Morgan fingerprint density at radius 3 is 2.00 bits per heavy atom.